The highest BCUT2D eigenvalue weighted by molar-refractivity contribution is 5.75. The smallest absolute Gasteiger partial charge is 0.128 e. The van der Waals surface area contributed by atoms with E-state index < -0.39 is 0 Å². The second-order valence-corrected chi connectivity index (χ2v) is 5.33. The predicted molar refractivity (Wildman–Crippen MR) is 82.1 cm³/mol. The Labute approximate surface area is 124 Å². The zero-order valence-electron chi connectivity index (χ0n) is 12.6. The third-order valence-corrected chi connectivity index (χ3v) is 3.88. The van der Waals surface area contributed by atoms with E-state index in [-0.39, 0.29) is 6.04 Å². The molecule has 0 aliphatic carbocycles. The number of hydrogen-bond acceptors (Lipinski definition) is 4. The van der Waals surface area contributed by atoms with Crippen molar-refractivity contribution in [2.24, 2.45) is 0 Å². The normalized spacial score (nSPS) is 12.9. The van der Waals surface area contributed by atoms with Crippen molar-refractivity contribution >= 4 is 11.0 Å². The molecule has 1 unspecified atom stereocenters. The molecule has 5 heteroatoms. The Hall–Kier alpha value is -2.14. The summed E-state index contributed by atoms with van der Waals surface area (Å²) in [6.07, 6.45) is 1.71. The van der Waals surface area contributed by atoms with Gasteiger partial charge in [0.15, 0.2) is 0 Å². The van der Waals surface area contributed by atoms with Gasteiger partial charge in [-0.2, -0.15) is 0 Å². The molecule has 21 heavy (non-hydrogen) atoms. The van der Waals surface area contributed by atoms with Crippen molar-refractivity contribution < 1.29 is 4.52 Å². The Morgan fingerprint density at radius 2 is 2.10 bits per heavy atom. The van der Waals surface area contributed by atoms with Gasteiger partial charge in [0, 0.05) is 24.7 Å². The van der Waals surface area contributed by atoms with Crippen molar-refractivity contribution in [2.75, 3.05) is 6.54 Å². The first-order valence-corrected chi connectivity index (χ1v) is 7.23. The Morgan fingerprint density at radius 3 is 2.86 bits per heavy atom. The monoisotopic (exact) mass is 284 g/mol. The van der Waals surface area contributed by atoms with E-state index in [1.54, 1.807) is 6.26 Å². The summed E-state index contributed by atoms with van der Waals surface area (Å²) in [5.74, 6) is 1.05. The van der Waals surface area contributed by atoms with Crippen LogP contribution in [0.2, 0.25) is 0 Å². The topological polar surface area (TPSA) is 55.9 Å². The second kappa shape index (κ2) is 5.69. The number of aromatic nitrogens is 3. The maximum atomic E-state index is 4.99. The molecule has 2 aromatic heterocycles. The molecule has 2 heterocycles. The summed E-state index contributed by atoms with van der Waals surface area (Å²) in [5, 5.41) is 7.43. The van der Waals surface area contributed by atoms with E-state index in [0.717, 1.165) is 35.7 Å². The summed E-state index contributed by atoms with van der Waals surface area (Å²) < 4.78 is 7.24. The van der Waals surface area contributed by atoms with Crippen LogP contribution in [-0.4, -0.2) is 21.3 Å². The molecule has 0 radical (unpaired) electrons. The fourth-order valence-corrected chi connectivity index (χ4v) is 2.70. The summed E-state index contributed by atoms with van der Waals surface area (Å²) in [6, 6.07) is 8.47. The lowest BCUT2D eigenvalue weighted by Gasteiger charge is -2.13. The molecule has 0 saturated heterocycles. The Bertz CT molecular complexity index is 744. The molecular formula is C16H20N4O. The van der Waals surface area contributed by atoms with Crippen LogP contribution in [0.5, 0.6) is 0 Å². The Kier molecular flexibility index (Phi) is 3.75. The Balaban J connectivity index is 1.67. The van der Waals surface area contributed by atoms with Crippen LogP contribution in [0.4, 0.5) is 0 Å². The molecule has 1 N–H and O–H groups in total. The zero-order chi connectivity index (χ0) is 14.8. The predicted octanol–water partition coefficient (Wildman–Crippen LogP) is 2.99. The molecule has 0 bridgehead atoms. The molecule has 110 valence electrons. The summed E-state index contributed by atoms with van der Waals surface area (Å²) in [6.45, 7) is 7.89. The SMILES string of the molecule is Cc1nocc1C(C)NCCn1c(C)nc2ccccc21. The first kappa shape index (κ1) is 13.8. The summed E-state index contributed by atoms with van der Waals surface area (Å²) in [7, 11) is 0. The van der Waals surface area contributed by atoms with Crippen LogP contribution in [0, 0.1) is 13.8 Å². The Morgan fingerprint density at radius 1 is 1.29 bits per heavy atom. The fraction of sp³-hybridized carbons (Fsp3) is 0.375. The van der Waals surface area contributed by atoms with E-state index in [4.69, 9.17) is 4.52 Å². The summed E-state index contributed by atoms with van der Waals surface area (Å²) in [4.78, 5) is 4.59. The average Bonchev–Trinajstić information content (AvgIpc) is 3.03. The lowest BCUT2D eigenvalue weighted by molar-refractivity contribution is 0.413. The van der Waals surface area contributed by atoms with Gasteiger partial charge in [-0.1, -0.05) is 17.3 Å². The molecular weight excluding hydrogens is 264 g/mol. The molecule has 5 nitrogen and oxygen atoms in total. The van der Waals surface area contributed by atoms with Gasteiger partial charge in [-0.15, -0.1) is 0 Å². The highest BCUT2D eigenvalue weighted by Gasteiger charge is 2.12. The molecule has 0 amide bonds. The van der Waals surface area contributed by atoms with Crippen LogP contribution in [0.15, 0.2) is 35.1 Å². The van der Waals surface area contributed by atoms with Gasteiger partial charge >= 0.3 is 0 Å². The lowest BCUT2D eigenvalue weighted by atomic mass is 10.1. The van der Waals surface area contributed by atoms with E-state index in [1.807, 2.05) is 19.9 Å². The lowest BCUT2D eigenvalue weighted by Crippen LogP contribution is -2.24. The first-order valence-electron chi connectivity index (χ1n) is 7.23. The highest BCUT2D eigenvalue weighted by atomic mass is 16.5. The van der Waals surface area contributed by atoms with Gasteiger partial charge in [0.1, 0.15) is 12.1 Å². The molecule has 0 saturated carbocycles. The molecule has 1 aromatic carbocycles. The quantitative estimate of drug-likeness (QED) is 0.782. The van der Waals surface area contributed by atoms with Crippen molar-refractivity contribution in [3.05, 3.63) is 47.6 Å². The fourth-order valence-electron chi connectivity index (χ4n) is 2.70. The molecule has 3 rings (SSSR count). The third-order valence-electron chi connectivity index (χ3n) is 3.88. The number of aryl methyl sites for hydroxylation is 2. The van der Waals surface area contributed by atoms with Crippen molar-refractivity contribution in [3.8, 4) is 0 Å². The molecule has 3 aromatic rings. The number of nitrogens with one attached hydrogen (secondary N) is 1. The van der Waals surface area contributed by atoms with Crippen molar-refractivity contribution in [3.63, 3.8) is 0 Å². The van der Waals surface area contributed by atoms with Crippen LogP contribution in [-0.2, 0) is 6.54 Å². The first-order chi connectivity index (χ1) is 10.2. The van der Waals surface area contributed by atoms with E-state index in [1.165, 1.54) is 5.52 Å². The van der Waals surface area contributed by atoms with E-state index in [0.29, 0.717) is 0 Å². The zero-order valence-corrected chi connectivity index (χ0v) is 12.6. The number of para-hydroxylation sites is 2. The van der Waals surface area contributed by atoms with Crippen molar-refractivity contribution in [1.82, 2.24) is 20.0 Å². The second-order valence-electron chi connectivity index (χ2n) is 5.33. The van der Waals surface area contributed by atoms with E-state index in [2.05, 4.69) is 45.1 Å². The van der Waals surface area contributed by atoms with Crippen LogP contribution in [0.25, 0.3) is 11.0 Å². The maximum Gasteiger partial charge on any atom is 0.128 e. The van der Waals surface area contributed by atoms with Gasteiger partial charge in [0.25, 0.3) is 0 Å². The summed E-state index contributed by atoms with van der Waals surface area (Å²) >= 11 is 0. The minimum atomic E-state index is 0.228. The van der Waals surface area contributed by atoms with Crippen LogP contribution >= 0.6 is 0 Å². The van der Waals surface area contributed by atoms with Crippen LogP contribution in [0.3, 0.4) is 0 Å². The standard InChI is InChI=1S/C16H20N4O/c1-11(14-10-21-19-12(14)2)17-8-9-20-13(3)18-15-6-4-5-7-16(15)20/h4-7,10-11,17H,8-9H2,1-3H3. The average molecular weight is 284 g/mol. The van der Waals surface area contributed by atoms with Crippen LogP contribution < -0.4 is 5.32 Å². The number of rotatable bonds is 5. The molecule has 0 aliphatic rings. The van der Waals surface area contributed by atoms with Crippen molar-refractivity contribution in [2.45, 2.75) is 33.4 Å². The number of fused-ring (bicyclic) bond motifs is 1. The van der Waals surface area contributed by atoms with Gasteiger partial charge in [-0.05, 0) is 32.9 Å². The van der Waals surface area contributed by atoms with Gasteiger partial charge in [0.05, 0.1) is 16.7 Å². The van der Waals surface area contributed by atoms with Crippen molar-refractivity contribution in [1.29, 1.82) is 0 Å². The number of hydrogen-bond donors (Lipinski definition) is 1. The molecule has 0 aliphatic heterocycles. The van der Waals surface area contributed by atoms with Crippen LogP contribution in [0.1, 0.15) is 30.0 Å². The number of nitrogens with zero attached hydrogens (tertiary/aromatic N) is 3. The maximum absolute atomic E-state index is 4.99. The van der Waals surface area contributed by atoms with E-state index in [9.17, 15) is 0 Å². The van der Waals surface area contributed by atoms with E-state index >= 15 is 0 Å². The molecule has 0 fully saturated rings. The molecule has 0 spiro atoms. The molecule has 1 atom stereocenters. The van der Waals surface area contributed by atoms with Gasteiger partial charge in [-0.25, -0.2) is 4.98 Å². The summed E-state index contributed by atoms with van der Waals surface area (Å²) in [5.41, 5.74) is 4.30. The minimum Gasteiger partial charge on any atom is -0.364 e. The highest BCUT2D eigenvalue weighted by Crippen LogP contribution is 2.17. The third kappa shape index (κ3) is 2.69. The largest absolute Gasteiger partial charge is 0.364 e. The van der Waals surface area contributed by atoms with Gasteiger partial charge < -0.3 is 14.4 Å². The number of imidazole rings is 1. The van der Waals surface area contributed by atoms with Gasteiger partial charge in [0.2, 0.25) is 0 Å². The minimum absolute atomic E-state index is 0.228. The van der Waals surface area contributed by atoms with Gasteiger partial charge in [-0.3, -0.25) is 0 Å². The number of benzene rings is 1.